The number of rotatable bonds is 9. The zero-order valence-electron chi connectivity index (χ0n) is 21.7. The van der Waals surface area contributed by atoms with E-state index in [0.29, 0.717) is 18.2 Å². The maximum absolute atomic E-state index is 12.3. The maximum atomic E-state index is 12.3. The Morgan fingerprint density at radius 2 is 1.97 bits per heavy atom. The molecule has 1 atom stereocenters. The number of nitrogens with zero attached hydrogens (tertiary/aromatic N) is 4. The number of hydrogen-bond acceptors (Lipinski definition) is 7. The zero-order valence-corrected chi connectivity index (χ0v) is 21.7. The molecule has 1 aromatic carbocycles. The van der Waals surface area contributed by atoms with E-state index >= 15 is 0 Å². The van der Waals surface area contributed by atoms with Gasteiger partial charge in [-0.25, -0.2) is 15.0 Å². The Bertz CT molecular complexity index is 1180. The van der Waals surface area contributed by atoms with Gasteiger partial charge in [-0.3, -0.25) is 4.79 Å². The van der Waals surface area contributed by atoms with Gasteiger partial charge in [0.25, 0.3) is 0 Å². The summed E-state index contributed by atoms with van der Waals surface area (Å²) in [6.07, 6.45) is 10.3. The molecule has 4 rings (SSSR count). The second-order valence-electron chi connectivity index (χ2n) is 10.1. The first-order valence-electron chi connectivity index (χ1n) is 12.9. The summed E-state index contributed by atoms with van der Waals surface area (Å²) in [7, 11) is 0. The molecule has 0 saturated heterocycles. The number of imidazole rings is 1. The fourth-order valence-corrected chi connectivity index (χ4v) is 4.88. The minimum atomic E-state index is -1.08. The van der Waals surface area contributed by atoms with Crippen LogP contribution in [0.15, 0.2) is 43.0 Å². The van der Waals surface area contributed by atoms with Gasteiger partial charge in [0.05, 0.1) is 24.5 Å². The van der Waals surface area contributed by atoms with E-state index in [0.717, 1.165) is 61.2 Å². The van der Waals surface area contributed by atoms with Crippen molar-refractivity contribution >= 4 is 17.6 Å². The Labute approximate surface area is 213 Å². The van der Waals surface area contributed by atoms with Crippen molar-refractivity contribution in [2.45, 2.75) is 71.8 Å². The molecule has 0 bridgehead atoms. The van der Waals surface area contributed by atoms with E-state index in [1.54, 1.807) is 12.5 Å². The Kier molecular flexibility index (Phi) is 8.04. The van der Waals surface area contributed by atoms with E-state index in [4.69, 9.17) is 4.74 Å². The summed E-state index contributed by atoms with van der Waals surface area (Å²) in [5, 5.41) is 14.7. The number of hydrogen-bond donors (Lipinski definition) is 2. The number of aryl methyl sites for hydroxylation is 2. The van der Waals surface area contributed by atoms with Gasteiger partial charge in [0.15, 0.2) is 0 Å². The third-order valence-electron chi connectivity index (χ3n) is 7.11. The van der Waals surface area contributed by atoms with Gasteiger partial charge in [0, 0.05) is 29.5 Å². The van der Waals surface area contributed by atoms with Crippen LogP contribution in [0.25, 0.3) is 5.69 Å². The molecule has 0 radical (unpaired) electrons. The Morgan fingerprint density at radius 3 is 2.69 bits per heavy atom. The van der Waals surface area contributed by atoms with Gasteiger partial charge >= 0.3 is 5.97 Å². The van der Waals surface area contributed by atoms with Crippen molar-refractivity contribution in [3.8, 4) is 5.69 Å². The molecule has 1 aliphatic rings. The standard InChI is InChI=1S/C28H37N5O3/c1-5-6-13-36-26(34)21-7-9-22(10-8-21)28(4,35)25-17-33(18-30-25)24-15-19(2)14-23(16-24)32-27-29-12-11-20(3)31-27/h11-12,14-18,21-22,35H,5-10,13H2,1-4H3,(H,29,31,32)/t21-,22-,28?. The molecule has 1 saturated carbocycles. The van der Waals surface area contributed by atoms with Crippen LogP contribution in [-0.4, -0.2) is 37.2 Å². The minimum Gasteiger partial charge on any atom is -0.465 e. The lowest BCUT2D eigenvalue weighted by atomic mass is 9.73. The highest BCUT2D eigenvalue weighted by atomic mass is 16.5. The van der Waals surface area contributed by atoms with Crippen molar-refractivity contribution in [3.63, 3.8) is 0 Å². The quantitative estimate of drug-likeness (QED) is 0.306. The molecule has 8 heteroatoms. The molecule has 36 heavy (non-hydrogen) atoms. The van der Waals surface area contributed by atoms with Gasteiger partial charge in [-0.15, -0.1) is 0 Å². The predicted octanol–water partition coefficient (Wildman–Crippen LogP) is 5.38. The van der Waals surface area contributed by atoms with E-state index in [1.165, 1.54) is 0 Å². The summed E-state index contributed by atoms with van der Waals surface area (Å²) in [6.45, 7) is 8.38. The first kappa shape index (κ1) is 25.8. The number of esters is 1. The van der Waals surface area contributed by atoms with Crippen molar-refractivity contribution in [1.29, 1.82) is 0 Å². The number of carbonyl (C=O) groups excluding carboxylic acids is 1. The highest BCUT2D eigenvalue weighted by Gasteiger charge is 2.39. The Hall–Kier alpha value is -3.26. The number of ether oxygens (including phenoxy) is 1. The molecule has 0 aliphatic heterocycles. The first-order chi connectivity index (χ1) is 17.3. The minimum absolute atomic E-state index is 0.0359. The lowest BCUT2D eigenvalue weighted by Gasteiger charge is -2.36. The predicted molar refractivity (Wildman–Crippen MR) is 139 cm³/mol. The fraction of sp³-hybridized carbons (Fsp3) is 0.500. The average molecular weight is 492 g/mol. The van der Waals surface area contributed by atoms with Crippen LogP contribution in [0.3, 0.4) is 0 Å². The largest absolute Gasteiger partial charge is 0.465 e. The van der Waals surface area contributed by atoms with Crippen LogP contribution in [0.5, 0.6) is 0 Å². The third kappa shape index (κ3) is 6.10. The highest BCUT2D eigenvalue weighted by Crippen LogP contribution is 2.41. The first-order valence-corrected chi connectivity index (χ1v) is 12.9. The van der Waals surface area contributed by atoms with Crippen LogP contribution >= 0.6 is 0 Å². The van der Waals surface area contributed by atoms with Gasteiger partial charge in [-0.1, -0.05) is 13.3 Å². The Morgan fingerprint density at radius 1 is 1.19 bits per heavy atom. The van der Waals surface area contributed by atoms with Gasteiger partial charge in [0.2, 0.25) is 5.95 Å². The van der Waals surface area contributed by atoms with E-state index in [1.807, 2.05) is 49.7 Å². The van der Waals surface area contributed by atoms with Gasteiger partial charge < -0.3 is 19.7 Å². The molecule has 1 fully saturated rings. The molecule has 0 spiro atoms. The number of aliphatic hydroxyl groups is 1. The molecular formula is C28H37N5O3. The van der Waals surface area contributed by atoms with Crippen LogP contribution < -0.4 is 5.32 Å². The summed E-state index contributed by atoms with van der Waals surface area (Å²) in [4.78, 5) is 25.6. The van der Waals surface area contributed by atoms with E-state index < -0.39 is 5.60 Å². The second-order valence-corrected chi connectivity index (χ2v) is 10.1. The molecule has 1 unspecified atom stereocenters. The van der Waals surface area contributed by atoms with Crippen molar-refractivity contribution in [1.82, 2.24) is 19.5 Å². The van der Waals surface area contributed by atoms with Crippen LogP contribution in [0, 0.1) is 25.7 Å². The number of unbranched alkanes of at least 4 members (excludes halogenated alkanes) is 1. The van der Waals surface area contributed by atoms with Crippen molar-refractivity contribution in [2.75, 3.05) is 11.9 Å². The summed E-state index contributed by atoms with van der Waals surface area (Å²) in [5.74, 6) is 0.423. The van der Waals surface area contributed by atoms with Crippen LogP contribution in [-0.2, 0) is 15.1 Å². The number of nitrogens with one attached hydrogen (secondary N) is 1. The summed E-state index contributed by atoms with van der Waals surface area (Å²) in [6, 6.07) is 7.97. The lowest BCUT2D eigenvalue weighted by molar-refractivity contribution is -0.151. The molecule has 3 aromatic rings. The molecule has 2 aromatic heterocycles. The highest BCUT2D eigenvalue weighted by molar-refractivity contribution is 5.72. The molecule has 2 heterocycles. The molecule has 1 aliphatic carbocycles. The summed E-state index contributed by atoms with van der Waals surface area (Å²) < 4.78 is 7.34. The number of benzene rings is 1. The summed E-state index contributed by atoms with van der Waals surface area (Å²) in [5.41, 5.74) is 3.33. The number of carbonyl (C=O) groups is 1. The van der Waals surface area contributed by atoms with Crippen LogP contribution in [0.2, 0.25) is 0 Å². The topological polar surface area (TPSA) is 102 Å². The Balaban J connectivity index is 1.44. The van der Waals surface area contributed by atoms with Crippen molar-refractivity contribution in [2.24, 2.45) is 11.8 Å². The van der Waals surface area contributed by atoms with Crippen molar-refractivity contribution < 1.29 is 14.6 Å². The lowest BCUT2D eigenvalue weighted by Crippen LogP contribution is -2.36. The molecule has 192 valence electrons. The van der Waals surface area contributed by atoms with Crippen molar-refractivity contribution in [3.05, 3.63) is 59.9 Å². The van der Waals surface area contributed by atoms with Gasteiger partial charge in [-0.2, -0.15) is 0 Å². The SMILES string of the molecule is CCCCOC(=O)[C@H]1CC[C@H](C(C)(O)c2cn(-c3cc(C)cc(Nc4nccc(C)n4)c3)cn2)CC1. The fourth-order valence-electron chi connectivity index (χ4n) is 4.88. The van der Waals surface area contributed by atoms with Gasteiger partial charge in [0.1, 0.15) is 5.60 Å². The monoisotopic (exact) mass is 491 g/mol. The number of anilines is 2. The molecule has 2 N–H and O–H groups in total. The van der Waals surface area contributed by atoms with Crippen LogP contribution in [0.1, 0.15) is 69.3 Å². The molecular weight excluding hydrogens is 454 g/mol. The van der Waals surface area contributed by atoms with E-state index in [2.05, 4.69) is 33.3 Å². The normalized spacial score (nSPS) is 19.5. The third-order valence-corrected chi connectivity index (χ3v) is 7.11. The zero-order chi connectivity index (χ0) is 25.7. The van der Waals surface area contributed by atoms with Gasteiger partial charge in [-0.05, 0) is 88.6 Å². The van der Waals surface area contributed by atoms with Crippen LogP contribution in [0.4, 0.5) is 11.6 Å². The molecule has 0 amide bonds. The van der Waals surface area contributed by atoms with E-state index in [-0.39, 0.29) is 17.8 Å². The summed E-state index contributed by atoms with van der Waals surface area (Å²) >= 11 is 0. The van der Waals surface area contributed by atoms with E-state index in [9.17, 15) is 9.90 Å². The smallest absolute Gasteiger partial charge is 0.308 e. The second kappa shape index (κ2) is 11.2. The number of aromatic nitrogens is 4. The average Bonchev–Trinajstić information content (AvgIpc) is 3.35. The molecule has 8 nitrogen and oxygen atoms in total. The maximum Gasteiger partial charge on any atom is 0.308 e.